The second-order valence-electron chi connectivity index (χ2n) is 6.95. The van der Waals surface area contributed by atoms with Gasteiger partial charge in [-0.2, -0.15) is 0 Å². The molecule has 1 amide bonds. The average molecular weight is 395 g/mol. The average Bonchev–Trinajstić information content (AvgIpc) is 3.07. The Morgan fingerprint density at radius 2 is 1.71 bits per heavy atom. The van der Waals surface area contributed by atoms with Crippen LogP contribution in [0.4, 0.5) is 5.69 Å². The van der Waals surface area contributed by atoms with Crippen LogP contribution in [0.3, 0.4) is 0 Å². The normalized spacial score (nSPS) is 10.7. The van der Waals surface area contributed by atoms with Gasteiger partial charge in [0.25, 0.3) is 0 Å². The number of thioether (sulfide) groups is 1. The minimum absolute atomic E-state index is 0.0888. The van der Waals surface area contributed by atoms with Crippen molar-refractivity contribution in [3.05, 3.63) is 66.4 Å². The molecule has 0 aliphatic rings. The molecule has 0 bridgehead atoms. The zero-order chi connectivity index (χ0) is 20.1. The summed E-state index contributed by atoms with van der Waals surface area (Å²) in [6, 6.07) is 18.4. The quantitative estimate of drug-likeness (QED) is 0.570. The van der Waals surface area contributed by atoms with Crippen molar-refractivity contribution in [3.63, 3.8) is 0 Å². The number of anilines is 1. The highest BCUT2D eigenvalue weighted by molar-refractivity contribution is 7.99. The molecule has 1 heterocycles. The molecule has 6 heteroatoms. The van der Waals surface area contributed by atoms with Gasteiger partial charge in [0.15, 0.2) is 5.16 Å². The molecule has 3 rings (SSSR count). The summed E-state index contributed by atoms with van der Waals surface area (Å²) in [7, 11) is 7.86. The number of aromatic nitrogens is 2. The van der Waals surface area contributed by atoms with Crippen molar-refractivity contribution in [2.75, 3.05) is 31.8 Å². The molecule has 0 fully saturated rings. The summed E-state index contributed by atoms with van der Waals surface area (Å²) in [5.41, 5.74) is 4.44. The largest absolute Gasteiger partial charge is 0.378 e. The van der Waals surface area contributed by atoms with E-state index in [9.17, 15) is 4.79 Å². The molecule has 0 unspecified atom stereocenters. The Hall–Kier alpha value is -2.73. The number of imidazole rings is 1. The molecule has 0 saturated carbocycles. The summed E-state index contributed by atoms with van der Waals surface area (Å²) >= 11 is 1.47. The summed E-state index contributed by atoms with van der Waals surface area (Å²) in [5.74, 6) is 0.455. The number of nitrogens with zero attached hydrogens (tertiary/aromatic N) is 4. The molecule has 1 aromatic heterocycles. The molecule has 0 atom stereocenters. The van der Waals surface area contributed by atoms with E-state index in [-0.39, 0.29) is 5.91 Å². The molecule has 5 nitrogen and oxygen atoms in total. The third kappa shape index (κ3) is 4.75. The lowest BCUT2D eigenvalue weighted by atomic mass is 10.2. The van der Waals surface area contributed by atoms with Crippen LogP contribution in [0.2, 0.25) is 0 Å². The number of hydrogen-bond donors (Lipinski definition) is 0. The summed E-state index contributed by atoms with van der Waals surface area (Å²) in [5, 5.41) is 0.843. The van der Waals surface area contributed by atoms with Gasteiger partial charge in [-0.25, -0.2) is 4.98 Å². The van der Waals surface area contributed by atoms with Crippen LogP contribution in [-0.4, -0.2) is 47.3 Å². The van der Waals surface area contributed by atoms with Gasteiger partial charge in [-0.1, -0.05) is 54.2 Å². The second-order valence-corrected chi connectivity index (χ2v) is 7.89. The highest BCUT2D eigenvalue weighted by Gasteiger charge is 2.14. The van der Waals surface area contributed by atoms with Gasteiger partial charge in [-0.05, 0) is 23.3 Å². The van der Waals surface area contributed by atoms with E-state index in [4.69, 9.17) is 0 Å². The molecule has 28 heavy (non-hydrogen) atoms. The maximum Gasteiger partial charge on any atom is 0.233 e. The first-order chi connectivity index (χ1) is 13.5. The first kappa shape index (κ1) is 20.0. The van der Waals surface area contributed by atoms with Crippen LogP contribution in [0.25, 0.3) is 11.3 Å². The van der Waals surface area contributed by atoms with Gasteiger partial charge in [0.1, 0.15) is 0 Å². The van der Waals surface area contributed by atoms with E-state index < -0.39 is 0 Å². The first-order valence-electron chi connectivity index (χ1n) is 9.16. The van der Waals surface area contributed by atoms with Crippen LogP contribution in [0.5, 0.6) is 0 Å². The summed E-state index contributed by atoms with van der Waals surface area (Å²) < 4.78 is 2.03. The molecular weight excluding hydrogens is 368 g/mol. The molecule has 0 N–H and O–H groups in total. The van der Waals surface area contributed by atoms with Gasteiger partial charge in [0.2, 0.25) is 5.91 Å². The maximum atomic E-state index is 12.5. The predicted octanol–water partition coefficient (Wildman–Crippen LogP) is 3.90. The molecule has 0 radical (unpaired) electrons. The molecule has 0 aliphatic carbocycles. The Bertz CT molecular complexity index is 919. The Morgan fingerprint density at radius 3 is 2.36 bits per heavy atom. The standard InChI is InChI=1S/C22H26N4OS/c1-24(2)19-12-10-17(11-13-19)15-25(3)21(27)16-28-22-23-14-20(26(22)4)18-8-6-5-7-9-18/h5-14H,15-16H2,1-4H3. The van der Waals surface area contributed by atoms with Crippen LogP contribution in [0, 0.1) is 0 Å². The van der Waals surface area contributed by atoms with Crippen LogP contribution >= 0.6 is 11.8 Å². The zero-order valence-electron chi connectivity index (χ0n) is 16.8. The fourth-order valence-corrected chi connectivity index (χ4v) is 3.79. The lowest BCUT2D eigenvalue weighted by Gasteiger charge is -2.18. The molecule has 0 saturated heterocycles. The minimum Gasteiger partial charge on any atom is -0.378 e. The fraction of sp³-hybridized carbons (Fsp3) is 0.273. The number of amides is 1. The second kappa shape index (κ2) is 8.97. The van der Waals surface area contributed by atoms with Crippen molar-refractivity contribution in [3.8, 4) is 11.3 Å². The SMILES string of the molecule is CN(Cc1ccc(N(C)C)cc1)C(=O)CSc1ncc(-c2ccccc2)n1C. The van der Waals surface area contributed by atoms with Crippen molar-refractivity contribution in [1.29, 1.82) is 0 Å². The Balaban J connectivity index is 1.57. The fourth-order valence-electron chi connectivity index (χ4n) is 2.90. The lowest BCUT2D eigenvalue weighted by molar-refractivity contribution is -0.127. The molecule has 146 valence electrons. The molecule has 3 aromatic rings. The number of carbonyl (C=O) groups excluding carboxylic acids is 1. The monoisotopic (exact) mass is 394 g/mol. The van der Waals surface area contributed by atoms with E-state index >= 15 is 0 Å². The Morgan fingerprint density at radius 1 is 1.04 bits per heavy atom. The smallest absolute Gasteiger partial charge is 0.233 e. The van der Waals surface area contributed by atoms with Gasteiger partial charge < -0.3 is 14.4 Å². The molecule has 2 aromatic carbocycles. The van der Waals surface area contributed by atoms with E-state index in [0.29, 0.717) is 12.3 Å². The van der Waals surface area contributed by atoms with Gasteiger partial charge in [0.05, 0.1) is 17.6 Å². The number of hydrogen-bond acceptors (Lipinski definition) is 4. The highest BCUT2D eigenvalue weighted by Crippen LogP contribution is 2.25. The van der Waals surface area contributed by atoms with Crippen LogP contribution in [0.15, 0.2) is 66.0 Å². The number of rotatable bonds is 7. The Kier molecular flexibility index (Phi) is 6.41. The van der Waals surface area contributed by atoms with E-state index in [1.807, 2.05) is 57.2 Å². The van der Waals surface area contributed by atoms with Crippen molar-refractivity contribution in [1.82, 2.24) is 14.5 Å². The highest BCUT2D eigenvalue weighted by atomic mass is 32.2. The molecule has 0 spiro atoms. The van der Waals surface area contributed by atoms with Crippen LogP contribution in [0.1, 0.15) is 5.56 Å². The molecule has 0 aliphatic heterocycles. The van der Waals surface area contributed by atoms with Crippen molar-refractivity contribution < 1.29 is 4.79 Å². The maximum absolute atomic E-state index is 12.5. The van der Waals surface area contributed by atoms with Crippen LogP contribution < -0.4 is 4.90 Å². The summed E-state index contributed by atoms with van der Waals surface area (Å²) in [6.45, 7) is 0.600. The molecular formula is C22H26N4OS. The van der Waals surface area contributed by atoms with E-state index in [1.54, 1.807) is 4.90 Å². The zero-order valence-corrected chi connectivity index (χ0v) is 17.6. The van der Waals surface area contributed by atoms with Crippen molar-refractivity contribution in [2.45, 2.75) is 11.7 Å². The minimum atomic E-state index is 0.0888. The van der Waals surface area contributed by atoms with E-state index in [2.05, 4.69) is 46.3 Å². The predicted molar refractivity (Wildman–Crippen MR) is 117 cm³/mol. The van der Waals surface area contributed by atoms with Crippen LogP contribution in [-0.2, 0) is 18.4 Å². The van der Waals surface area contributed by atoms with Gasteiger partial charge in [-0.15, -0.1) is 0 Å². The van der Waals surface area contributed by atoms with Gasteiger partial charge in [0, 0.05) is 40.4 Å². The van der Waals surface area contributed by atoms with E-state index in [0.717, 1.165) is 27.7 Å². The van der Waals surface area contributed by atoms with Crippen molar-refractivity contribution in [2.24, 2.45) is 7.05 Å². The Labute approximate surface area is 171 Å². The third-order valence-corrected chi connectivity index (χ3v) is 5.67. The first-order valence-corrected chi connectivity index (χ1v) is 10.1. The van der Waals surface area contributed by atoms with E-state index in [1.165, 1.54) is 11.8 Å². The van der Waals surface area contributed by atoms with Gasteiger partial charge >= 0.3 is 0 Å². The number of benzene rings is 2. The lowest BCUT2D eigenvalue weighted by Crippen LogP contribution is -2.27. The van der Waals surface area contributed by atoms with Crippen molar-refractivity contribution >= 4 is 23.4 Å². The topological polar surface area (TPSA) is 41.4 Å². The summed E-state index contributed by atoms with van der Waals surface area (Å²) in [4.78, 5) is 20.9. The third-order valence-electron chi connectivity index (χ3n) is 4.64. The number of carbonyl (C=O) groups is 1. The summed E-state index contributed by atoms with van der Waals surface area (Å²) in [6.07, 6.45) is 1.86. The van der Waals surface area contributed by atoms with Gasteiger partial charge in [-0.3, -0.25) is 4.79 Å².